The van der Waals surface area contributed by atoms with Gasteiger partial charge in [0, 0.05) is 29.2 Å². The molecular weight excluding hydrogens is 490 g/mol. The molecule has 0 saturated heterocycles. The lowest BCUT2D eigenvalue weighted by Gasteiger charge is -2.10. The van der Waals surface area contributed by atoms with Crippen molar-refractivity contribution in [2.45, 2.75) is 47.1 Å². The van der Waals surface area contributed by atoms with Gasteiger partial charge >= 0.3 is 11.9 Å². The maximum absolute atomic E-state index is 11.5. The summed E-state index contributed by atoms with van der Waals surface area (Å²) in [6, 6.07) is 22.9. The smallest absolute Gasteiger partial charge is 0.335 e. The molecule has 0 aliphatic carbocycles. The average molecular weight is 528 g/mol. The minimum absolute atomic E-state index is 0.00564. The highest BCUT2D eigenvalue weighted by atomic mass is 16.5. The van der Waals surface area contributed by atoms with Crippen molar-refractivity contribution in [1.82, 2.24) is 4.57 Å². The molecule has 0 fully saturated rings. The van der Waals surface area contributed by atoms with E-state index in [4.69, 9.17) is 9.84 Å². The van der Waals surface area contributed by atoms with Crippen LogP contribution in [0.25, 0.3) is 17.0 Å². The molecule has 39 heavy (non-hydrogen) atoms. The van der Waals surface area contributed by atoms with Gasteiger partial charge in [0.05, 0.1) is 12.2 Å². The van der Waals surface area contributed by atoms with Gasteiger partial charge in [-0.1, -0.05) is 61.4 Å². The molecule has 6 nitrogen and oxygen atoms in total. The maximum atomic E-state index is 11.5. The van der Waals surface area contributed by atoms with Crippen LogP contribution in [0.1, 0.15) is 53.7 Å². The van der Waals surface area contributed by atoms with E-state index in [1.165, 1.54) is 11.1 Å². The Bertz CT molecular complexity index is 1390. The van der Waals surface area contributed by atoms with Crippen LogP contribution in [0.2, 0.25) is 0 Å². The van der Waals surface area contributed by atoms with E-state index in [0.29, 0.717) is 12.2 Å². The zero-order valence-electron chi connectivity index (χ0n) is 23.1. The topological polar surface area (TPSA) is 88.8 Å². The predicted octanol–water partition coefficient (Wildman–Crippen LogP) is 7.63. The van der Waals surface area contributed by atoms with Gasteiger partial charge in [-0.15, -0.1) is 0 Å². The zero-order valence-corrected chi connectivity index (χ0v) is 23.1. The number of aliphatic carboxylic acids is 1. The minimum atomic E-state index is -0.927. The Kier molecular flexibility index (Phi) is 10.5. The van der Waals surface area contributed by atoms with E-state index in [0.717, 1.165) is 41.6 Å². The lowest BCUT2D eigenvalue weighted by atomic mass is 9.96. The molecule has 1 heterocycles. The number of aromatic carboxylic acids is 1. The SMILES string of the molecule is CCC(C)/C(=C\c1ccc(OCCCn2ccc3cc(C(=O)O)ccc32)cc1)C(=O)O.Cc1ccc(C)cc1. The summed E-state index contributed by atoms with van der Waals surface area (Å²) >= 11 is 0. The number of ether oxygens (including phenoxy) is 1. The number of aromatic nitrogens is 1. The number of hydrogen-bond donors (Lipinski definition) is 2. The Morgan fingerprint density at radius 3 is 2.13 bits per heavy atom. The number of carboxylic acid groups (broad SMARTS) is 2. The van der Waals surface area contributed by atoms with E-state index in [1.807, 2.05) is 56.4 Å². The molecule has 4 rings (SSSR count). The highest BCUT2D eigenvalue weighted by Crippen LogP contribution is 2.21. The van der Waals surface area contributed by atoms with E-state index in [1.54, 1.807) is 18.2 Å². The van der Waals surface area contributed by atoms with Crippen LogP contribution >= 0.6 is 0 Å². The molecule has 0 saturated carbocycles. The number of hydrogen-bond acceptors (Lipinski definition) is 3. The van der Waals surface area contributed by atoms with Crippen LogP contribution < -0.4 is 4.74 Å². The monoisotopic (exact) mass is 527 g/mol. The van der Waals surface area contributed by atoms with Crippen molar-refractivity contribution in [2.75, 3.05) is 6.61 Å². The van der Waals surface area contributed by atoms with Gasteiger partial charge < -0.3 is 19.5 Å². The Morgan fingerprint density at radius 2 is 1.56 bits per heavy atom. The minimum Gasteiger partial charge on any atom is -0.494 e. The molecule has 1 aromatic heterocycles. The number of nitrogens with zero attached hydrogens (tertiary/aromatic N) is 1. The summed E-state index contributed by atoms with van der Waals surface area (Å²) in [5.74, 6) is -1.08. The van der Waals surface area contributed by atoms with Crippen molar-refractivity contribution in [3.8, 4) is 5.75 Å². The highest BCUT2D eigenvalue weighted by molar-refractivity contribution is 5.94. The van der Waals surface area contributed by atoms with Crippen molar-refractivity contribution >= 4 is 28.9 Å². The summed E-state index contributed by atoms with van der Waals surface area (Å²) in [4.78, 5) is 22.5. The van der Waals surface area contributed by atoms with Crippen LogP contribution in [0.5, 0.6) is 5.75 Å². The summed E-state index contributed by atoms with van der Waals surface area (Å²) < 4.78 is 7.90. The van der Waals surface area contributed by atoms with Crippen molar-refractivity contribution in [3.05, 3.63) is 107 Å². The lowest BCUT2D eigenvalue weighted by molar-refractivity contribution is -0.133. The van der Waals surface area contributed by atoms with Gasteiger partial charge in [0.25, 0.3) is 0 Å². The molecule has 0 radical (unpaired) electrons. The molecule has 0 spiro atoms. The Balaban J connectivity index is 0.000000449. The first kappa shape index (κ1) is 29.2. The molecule has 4 aromatic rings. The van der Waals surface area contributed by atoms with Crippen molar-refractivity contribution in [2.24, 2.45) is 5.92 Å². The van der Waals surface area contributed by atoms with E-state index in [-0.39, 0.29) is 11.5 Å². The largest absolute Gasteiger partial charge is 0.494 e. The summed E-state index contributed by atoms with van der Waals surface area (Å²) in [6.07, 6.45) is 5.24. The van der Waals surface area contributed by atoms with E-state index in [2.05, 4.69) is 42.7 Å². The third-order valence-electron chi connectivity index (χ3n) is 6.64. The second-order valence-corrected chi connectivity index (χ2v) is 9.73. The van der Waals surface area contributed by atoms with E-state index < -0.39 is 11.9 Å². The van der Waals surface area contributed by atoms with Gasteiger partial charge in [0.15, 0.2) is 0 Å². The third-order valence-corrected chi connectivity index (χ3v) is 6.64. The number of carbonyl (C=O) groups is 2. The first-order chi connectivity index (χ1) is 18.7. The molecular formula is C33H37NO5. The average Bonchev–Trinajstić information content (AvgIpc) is 3.34. The summed E-state index contributed by atoms with van der Waals surface area (Å²) in [5.41, 5.74) is 5.18. The molecule has 0 aliphatic heterocycles. The fraction of sp³-hybridized carbons (Fsp3) is 0.273. The van der Waals surface area contributed by atoms with Crippen molar-refractivity contribution < 1.29 is 24.5 Å². The van der Waals surface area contributed by atoms with Crippen LogP contribution in [0, 0.1) is 19.8 Å². The van der Waals surface area contributed by atoms with Crippen LogP contribution in [-0.4, -0.2) is 33.3 Å². The number of aryl methyl sites for hydroxylation is 3. The molecule has 0 aliphatic rings. The summed E-state index contributed by atoms with van der Waals surface area (Å²) in [6.45, 7) is 9.38. The normalized spacial score (nSPS) is 11.9. The molecule has 1 atom stereocenters. The number of carboxylic acids is 2. The summed E-state index contributed by atoms with van der Waals surface area (Å²) in [5, 5.41) is 19.4. The van der Waals surface area contributed by atoms with Gasteiger partial charge in [-0.3, -0.25) is 0 Å². The zero-order chi connectivity index (χ0) is 28.4. The van der Waals surface area contributed by atoms with Crippen molar-refractivity contribution in [1.29, 1.82) is 0 Å². The first-order valence-corrected chi connectivity index (χ1v) is 13.2. The molecule has 0 bridgehead atoms. The highest BCUT2D eigenvalue weighted by Gasteiger charge is 2.14. The Labute approximate surface area is 230 Å². The third kappa shape index (κ3) is 8.60. The van der Waals surface area contributed by atoms with Crippen LogP contribution in [0.3, 0.4) is 0 Å². The number of rotatable bonds is 10. The fourth-order valence-electron chi connectivity index (χ4n) is 4.06. The maximum Gasteiger partial charge on any atom is 0.335 e. The predicted molar refractivity (Wildman–Crippen MR) is 156 cm³/mol. The van der Waals surface area contributed by atoms with E-state index >= 15 is 0 Å². The quantitative estimate of drug-likeness (QED) is 0.164. The standard InChI is InChI=1S/C25H27NO5.C8H10/c1-3-17(2)22(25(29)30)15-18-5-8-21(9-6-18)31-14-4-12-26-13-11-19-16-20(24(27)28)7-10-23(19)26;1-7-3-5-8(2)6-4-7/h5-11,13,15-17H,3-4,12,14H2,1-2H3,(H,27,28)(H,29,30);3-6H,1-2H3/b22-15+;. The fourth-order valence-corrected chi connectivity index (χ4v) is 4.06. The Morgan fingerprint density at radius 1 is 0.923 bits per heavy atom. The van der Waals surface area contributed by atoms with Crippen molar-refractivity contribution in [3.63, 3.8) is 0 Å². The molecule has 204 valence electrons. The van der Waals surface area contributed by atoms with Gasteiger partial charge in [0.2, 0.25) is 0 Å². The van der Waals surface area contributed by atoms with Crippen LogP contribution in [0.15, 0.2) is 84.6 Å². The Hall–Kier alpha value is -4.32. The summed E-state index contributed by atoms with van der Waals surface area (Å²) in [7, 11) is 0. The first-order valence-electron chi connectivity index (χ1n) is 13.2. The molecule has 1 unspecified atom stereocenters. The number of benzene rings is 3. The van der Waals surface area contributed by atoms with Gasteiger partial charge in [0.1, 0.15) is 5.75 Å². The number of fused-ring (bicyclic) bond motifs is 1. The molecule has 0 amide bonds. The van der Waals surface area contributed by atoms with Crippen LogP contribution in [-0.2, 0) is 11.3 Å². The second kappa shape index (κ2) is 14.0. The second-order valence-electron chi connectivity index (χ2n) is 9.73. The van der Waals surface area contributed by atoms with Gasteiger partial charge in [-0.25, -0.2) is 9.59 Å². The molecule has 3 aromatic carbocycles. The molecule has 2 N–H and O–H groups in total. The van der Waals surface area contributed by atoms with Gasteiger partial charge in [-0.05, 0) is 80.6 Å². The molecule has 6 heteroatoms. The van der Waals surface area contributed by atoms with E-state index in [9.17, 15) is 14.7 Å². The van der Waals surface area contributed by atoms with Gasteiger partial charge in [-0.2, -0.15) is 0 Å². The lowest BCUT2D eigenvalue weighted by Crippen LogP contribution is -2.08. The van der Waals surface area contributed by atoms with Crippen LogP contribution in [0.4, 0.5) is 0 Å².